The molecule has 6 nitrogen and oxygen atoms in total. The highest BCUT2D eigenvalue weighted by Gasteiger charge is 2.18. The molecule has 0 aromatic carbocycles. The highest BCUT2D eigenvalue weighted by Crippen LogP contribution is 2.16. The van der Waals surface area contributed by atoms with Gasteiger partial charge in [-0.1, -0.05) is 231 Å². The molecule has 6 heteroatoms. The molecular formula is C49H95NO5. The van der Waals surface area contributed by atoms with Crippen LogP contribution in [0.1, 0.15) is 264 Å². The molecule has 2 atom stereocenters. The number of hydrogen-bond acceptors (Lipinski definition) is 5. The lowest BCUT2D eigenvalue weighted by molar-refractivity contribution is -0.143. The third-order valence-corrected chi connectivity index (χ3v) is 11.3. The van der Waals surface area contributed by atoms with E-state index in [2.05, 4.69) is 19.2 Å². The molecule has 0 radical (unpaired) electrons. The molecule has 0 bridgehead atoms. The lowest BCUT2D eigenvalue weighted by Gasteiger charge is -2.20. The normalized spacial score (nSPS) is 12.7. The molecule has 0 spiro atoms. The predicted molar refractivity (Wildman–Crippen MR) is 237 cm³/mol. The van der Waals surface area contributed by atoms with Gasteiger partial charge >= 0.3 is 5.97 Å². The average molecular weight is 778 g/mol. The first-order valence-corrected chi connectivity index (χ1v) is 24.5. The summed E-state index contributed by atoms with van der Waals surface area (Å²) in [6, 6.07) is -0.632. The Labute approximate surface area is 342 Å². The Bertz CT molecular complexity index is 817. The maximum Gasteiger partial charge on any atom is 0.305 e. The van der Waals surface area contributed by atoms with Gasteiger partial charge in [0, 0.05) is 12.8 Å². The zero-order valence-electron chi connectivity index (χ0n) is 36.9. The van der Waals surface area contributed by atoms with Crippen LogP contribution in [-0.2, 0) is 14.3 Å². The van der Waals surface area contributed by atoms with E-state index in [4.69, 9.17) is 4.74 Å². The number of carbonyl (C=O) groups excluding carboxylic acids is 2. The summed E-state index contributed by atoms with van der Waals surface area (Å²) in [5, 5.41) is 22.9. The van der Waals surface area contributed by atoms with Gasteiger partial charge in [-0.25, -0.2) is 0 Å². The molecule has 0 aliphatic rings. The summed E-state index contributed by atoms with van der Waals surface area (Å²) in [7, 11) is 0. The molecule has 326 valence electrons. The maximum atomic E-state index is 12.3. The molecule has 0 aromatic heterocycles. The Hall–Kier alpha value is -1.40. The molecule has 0 saturated carbocycles. The Morgan fingerprint density at radius 1 is 0.491 bits per heavy atom. The lowest BCUT2D eigenvalue weighted by atomic mass is 10.0. The van der Waals surface area contributed by atoms with Gasteiger partial charge in [0.15, 0.2) is 0 Å². The number of nitrogens with one attached hydrogen (secondary N) is 1. The molecule has 0 aliphatic carbocycles. The Morgan fingerprint density at radius 2 is 0.836 bits per heavy atom. The largest absolute Gasteiger partial charge is 0.466 e. The molecule has 0 aliphatic heterocycles. The van der Waals surface area contributed by atoms with E-state index >= 15 is 0 Å². The number of amides is 1. The van der Waals surface area contributed by atoms with E-state index in [-0.39, 0.29) is 18.5 Å². The van der Waals surface area contributed by atoms with Crippen LogP contribution in [0.3, 0.4) is 0 Å². The van der Waals surface area contributed by atoms with Gasteiger partial charge in [0.1, 0.15) is 0 Å². The van der Waals surface area contributed by atoms with Crippen LogP contribution in [-0.4, -0.2) is 47.4 Å². The van der Waals surface area contributed by atoms with Crippen LogP contribution < -0.4 is 5.32 Å². The van der Waals surface area contributed by atoms with Crippen LogP contribution >= 0.6 is 0 Å². The molecule has 3 N–H and O–H groups in total. The van der Waals surface area contributed by atoms with Crippen LogP contribution in [0.4, 0.5) is 0 Å². The number of unbranched alkanes of at least 4 members (excludes halogenated alkanes) is 34. The number of rotatable bonds is 45. The molecular weight excluding hydrogens is 683 g/mol. The third kappa shape index (κ3) is 42.0. The fraction of sp³-hybridized carbons (Fsp3) is 0.918. The van der Waals surface area contributed by atoms with Crippen LogP contribution in [0.25, 0.3) is 0 Å². The van der Waals surface area contributed by atoms with Gasteiger partial charge in [-0.3, -0.25) is 9.59 Å². The van der Waals surface area contributed by atoms with Crippen molar-refractivity contribution in [1.29, 1.82) is 0 Å². The van der Waals surface area contributed by atoms with E-state index in [1.165, 1.54) is 180 Å². The van der Waals surface area contributed by atoms with Crippen molar-refractivity contribution < 1.29 is 24.5 Å². The zero-order chi connectivity index (χ0) is 40.1. The SMILES string of the molecule is CCCCCCCCC/C=C/C(O)C(CO)NC(=O)CCCCCCCCCCCCCCCCOC(=O)CCCCCCCCCCCCCCCCC. The second kappa shape index (κ2) is 45.3. The molecule has 0 aromatic rings. The minimum atomic E-state index is -0.847. The smallest absolute Gasteiger partial charge is 0.305 e. The number of esters is 1. The Balaban J connectivity index is 3.42. The van der Waals surface area contributed by atoms with Crippen molar-refractivity contribution in [3.8, 4) is 0 Å². The van der Waals surface area contributed by atoms with E-state index in [9.17, 15) is 19.8 Å². The Morgan fingerprint density at radius 3 is 1.24 bits per heavy atom. The zero-order valence-corrected chi connectivity index (χ0v) is 36.9. The number of ether oxygens (including phenoxy) is 1. The summed E-state index contributed by atoms with van der Waals surface area (Å²) in [4.78, 5) is 24.4. The first-order valence-electron chi connectivity index (χ1n) is 24.5. The number of carbonyl (C=O) groups is 2. The monoisotopic (exact) mass is 778 g/mol. The fourth-order valence-electron chi connectivity index (χ4n) is 7.51. The summed E-state index contributed by atoms with van der Waals surface area (Å²) in [6.07, 6.45) is 50.7. The standard InChI is InChI=1S/C49H95NO5/c1-3-5-7-9-11-13-14-15-16-20-23-27-31-35-39-43-49(54)55-44-40-36-32-28-24-21-18-17-19-22-26-30-34-38-42-48(53)50-46(45-51)47(52)41-37-33-29-25-12-10-8-6-4-2/h37,41,46-47,51-52H,3-36,38-40,42-45H2,1-2H3,(H,50,53)/b41-37+. The molecule has 55 heavy (non-hydrogen) atoms. The van der Waals surface area contributed by atoms with Crippen LogP contribution in [0.2, 0.25) is 0 Å². The van der Waals surface area contributed by atoms with Crippen molar-refractivity contribution in [2.24, 2.45) is 0 Å². The molecule has 0 rings (SSSR count). The quantitative estimate of drug-likeness (QED) is 0.0325. The van der Waals surface area contributed by atoms with E-state index in [0.29, 0.717) is 19.4 Å². The van der Waals surface area contributed by atoms with E-state index in [1.54, 1.807) is 6.08 Å². The van der Waals surface area contributed by atoms with E-state index < -0.39 is 12.1 Å². The minimum absolute atomic E-state index is 0.00110. The predicted octanol–water partition coefficient (Wildman–Crippen LogP) is 14.2. The Kier molecular flexibility index (Phi) is 44.2. The summed E-state index contributed by atoms with van der Waals surface area (Å²) >= 11 is 0. The third-order valence-electron chi connectivity index (χ3n) is 11.3. The minimum Gasteiger partial charge on any atom is -0.466 e. The summed E-state index contributed by atoms with van der Waals surface area (Å²) in [5.74, 6) is -0.0819. The van der Waals surface area contributed by atoms with Gasteiger partial charge in [-0.15, -0.1) is 0 Å². The summed E-state index contributed by atoms with van der Waals surface area (Å²) in [5.41, 5.74) is 0. The van der Waals surface area contributed by atoms with Gasteiger partial charge in [0.2, 0.25) is 5.91 Å². The van der Waals surface area contributed by atoms with Gasteiger partial charge in [0.05, 0.1) is 25.4 Å². The van der Waals surface area contributed by atoms with Gasteiger partial charge in [0.25, 0.3) is 0 Å². The van der Waals surface area contributed by atoms with Crippen molar-refractivity contribution in [3.63, 3.8) is 0 Å². The second-order valence-corrected chi connectivity index (χ2v) is 16.8. The first-order chi connectivity index (χ1) is 27.0. The van der Waals surface area contributed by atoms with Gasteiger partial charge < -0.3 is 20.3 Å². The summed E-state index contributed by atoms with van der Waals surface area (Å²) in [6.45, 7) is 4.85. The van der Waals surface area contributed by atoms with Crippen LogP contribution in [0.5, 0.6) is 0 Å². The average Bonchev–Trinajstić information content (AvgIpc) is 3.18. The van der Waals surface area contributed by atoms with Crippen LogP contribution in [0.15, 0.2) is 12.2 Å². The fourth-order valence-corrected chi connectivity index (χ4v) is 7.51. The van der Waals surface area contributed by atoms with Crippen molar-refractivity contribution >= 4 is 11.9 Å². The van der Waals surface area contributed by atoms with Gasteiger partial charge in [-0.2, -0.15) is 0 Å². The summed E-state index contributed by atoms with van der Waals surface area (Å²) < 4.78 is 5.46. The molecule has 2 unspecified atom stereocenters. The maximum absolute atomic E-state index is 12.3. The lowest BCUT2D eigenvalue weighted by Crippen LogP contribution is -2.45. The molecule has 0 heterocycles. The van der Waals surface area contributed by atoms with Crippen molar-refractivity contribution in [3.05, 3.63) is 12.2 Å². The molecule has 0 saturated heterocycles. The topological polar surface area (TPSA) is 95.9 Å². The number of aliphatic hydroxyl groups is 2. The highest BCUT2D eigenvalue weighted by atomic mass is 16.5. The van der Waals surface area contributed by atoms with Crippen molar-refractivity contribution in [2.75, 3.05) is 13.2 Å². The van der Waals surface area contributed by atoms with Gasteiger partial charge in [-0.05, 0) is 32.1 Å². The van der Waals surface area contributed by atoms with Crippen molar-refractivity contribution in [2.45, 2.75) is 276 Å². The van der Waals surface area contributed by atoms with E-state index in [0.717, 1.165) is 57.8 Å². The number of aliphatic hydroxyl groups excluding tert-OH is 2. The molecule has 1 amide bonds. The first kappa shape index (κ1) is 53.6. The highest BCUT2D eigenvalue weighted by molar-refractivity contribution is 5.76. The number of hydrogen-bond donors (Lipinski definition) is 3. The van der Waals surface area contributed by atoms with Crippen LogP contribution in [0, 0.1) is 0 Å². The van der Waals surface area contributed by atoms with Crippen molar-refractivity contribution in [1.82, 2.24) is 5.32 Å². The van der Waals surface area contributed by atoms with E-state index in [1.807, 2.05) is 6.08 Å². The molecule has 0 fully saturated rings. The number of allylic oxidation sites excluding steroid dienone is 1. The second-order valence-electron chi connectivity index (χ2n) is 16.8.